The topological polar surface area (TPSA) is 66.5 Å². The van der Waals surface area contributed by atoms with Crippen LogP contribution in [0.3, 0.4) is 0 Å². The Bertz CT molecular complexity index is 898. The Balaban J connectivity index is 1.43. The molecule has 0 saturated carbocycles. The number of benzene rings is 2. The Hall–Kier alpha value is -2.25. The molecule has 1 heterocycles. The minimum absolute atomic E-state index is 0.00595. The van der Waals surface area contributed by atoms with Gasteiger partial charge in [0.05, 0.1) is 12.2 Å². The summed E-state index contributed by atoms with van der Waals surface area (Å²) in [6, 6.07) is 13.6. The number of nitrogens with zero attached hydrogens (tertiary/aromatic N) is 1. The summed E-state index contributed by atoms with van der Waals surface area (Å²) < 4.78 is 39.5. The van der Waals surface area contributed by atoms with Crippen molar-refractivity contribution < 1.29 is 17.6 Å². The molecular formula is C20H23FN2O3S. The van der Waals surface area contributed by atoms with Crippen molar-refractivity contribution in [3.63, 3.8) is 0 Å². The largest absolute Gasteiger partial charge is 0.356 e. The number of hydrogen-bond acceptors (Lipinski definition) is 3. The highest BCUT2D eigenvalue weighted by atomic mass is 32.2. The number of nitrogens with one attached hydrogen (secondary N) is 1. The van der Waals surface area contributed by atoms with Crippen molar-refractivity contribution in [2.45, 2.75) is 25.8 Å². The number of carbonyl (C=O) groups excluding carboxylic acids is 1. The quantitative estimate of drug-likeness (QED) is 0.738. The first-order valence-corrected chi connectivity index (χ1v) is 10.6. The van der Waals surface area contributed by atoms with Crippen LogP contribution in [0, 0.1) is 5.82 Å². The van der Waals surface area contributed by atoms with Crippen molar-refractivity contribution in [2.75, 3.05) is 18.8 Å². The molecule has 0 radical (unpaired) electrons. The zero-order valence-corrected chi connectivity index (χ0v) is 15.8. The van der Waals surface area contributed by atoms with Crippen molar-refractivity contribution in [1.82, 2.24) is 9.62 Å². The van der Waals surface area contributed by atoms with E-state index in [9.17, 15) is 17.6 Å². The van der Waals surface area contributed by atoms with Crippen LogP contribution in [-0.4, -0.2) is 37.5 Å². The lowest BCUT2D eigenvalue weighted by Gasteiger charge is -2.28. The van der Waals surface area contributed by atoms with Crippen LogP contribution in [0.25, 0.3) is 0 Å². The van der Waals surface area contributed by atoms with Crippen LogP contribution in [0.1, 0.15) is 23.1 Å². The van der Waals surface area contributed by atoms with Gasteiger partial charge in [-0.15, -0.1) is 0 Å². The summed E-state index contributed by atoms with van der Waals surface area (Å²) in [5.41, 5.74) is 2.98. The summed E-state index contributed by atoms with van der Waals surface area (Å²) in [5, 5.41) is 2.72. The molecule has 3 rings (SSSR count). The monoisotopic (exact) mass is 390 g/mol. The average molecular weight is 390 g/mol. The van der Waals surface area contributed by atoms with E-state index >= 15 is 0 Å². The number of carbonyl (C=O) groups is 1. The second-order valence-corrected chi connectivity index (χ2v) is 8.76. The fourth-order valence-corrected chi connectivity index (χ4v) is 4.64. The summed E-state index contributed by atoms with van der Waals surface area (Å²) in [4.78, 5) is 11.9. The van der Waals surface area contributed by atoms with Crippen LogP contribution in [0.15, 0.2) is 48.5 Å². The third-order valence-corrected chi connectivity index (χ3v) is 6.57. The number of rotatable bonds is 7. The molecule has 27 heavy (non-hydrogen) atoms. The molecule has 1 amide bonds. The number of fused-ring (bicyclic) bond motifs is 1. The van der Waals surface area contributed by atoms with E-state index in [1.807, 2.05) is 24.3 Å². The lowest BCUT2D eigenvalue weighted by atomic mass is 10.0. The highest BCUT2D eigenvalue weighted by Crippen LogP contribution is 2.21. The van der Waals surface area contributed by atoms with Crippen molar-refractivity contribution in [3.8, 4) is 0 Å². The van der Waals surface area contributed by atoms with E-state index in [1.54, 1.807) is 12.1 Å². The molecule has 1 aliphatic heterocycles. The molecule has 0 aliphatic carbocycles. The van der Waals surface area contributed by atoms with Crippen LogP contribution in [-0.2, 0) is 34.2 Å². The third-order valence-electron chi connectivity index (χ3n) is 4.67. The van der Waals surface area contributed by atoms with Crippen molar-refractivity contribution in [3.05, 3.63) is 71.0 Å². The smallest absolute Gasteiger partial charge is 0.224 e. The summed E-state index contributed by atoms with van der Waals surface area (Å²) in [6.07, 6.45) is 1.23. The highest BCUT2D eigenvalue weighted by Gasteiger charge is 2.25. The van der Waals surface area contributed by atoms with Gasteiger partial charge < -0.3 is 5.32 Å². The van der Waals surface area contributed by atoms with Gasteiger partial charge in [0.25, 0.3) is 0 Å². The second-order valence-electron chi connectivity index (χ2n) is 6.68. The Morgan fingerprint density at radius 2 is 1.78 bits per heavy atom. The molecule has 0 fully saturated rings. The van der Waals surface area contributed by atoms with E-state index in [1.165, 1.54) is 22.0 Å². The predicted octanol–water partition coefficient (Wildman–Crippen LogP) is 2.26. The first-order chi connectivity index (χ1) is 12.9. The number of hydrogen-bond donors (Lipinski definition) is 1. The van der Waals surface area contributed by atoms with E-state index in [-0.39, 0.29) is 23.9 Å². The fourth-order valence-electron chi connectivity index (χ4n) is 3.17. The van der Waals surface area contributed by atoms with Gasteiger partial charge in [0, 0.05) is 19.6 Å². The minimum atomic E-state index is -3.35. The first-order valence-electron chi connectivity index (χ1n) is 9.00. The van der Waals surface area contributed by atoms with Gasteiger partial charge in [-0.3, -0.25) is 4.79 Å². The summed E-state index contributed by atoms with van der Waals surface area (Å²) in [6.45, 7) is 1.20. The standard InChI is InChI=1S/C20H23FN2O3S/c21-19-8-6-16(7-9-19)14-20(24)22-11-3-13-27(25,26)23-12-10-17-4-1-2-5-18(17)15-23/h1-2,4-9H,3,10-15H2,(H,22,24). The van der Waals surface area contributed by atoms with Gasteiger partial charge >= 0.3 is 0 Å². The van der Waals surface area contributed by atoms with Gasteiger partial charge in [0.15, 0.2) is 0 Å². The number of amides is 1. The molecule has 5 nitrogen and oxygen atoms in total. The molecule has 2 aromatic rings. The molecule has 2 aromatic carbocycles. The van der Waals surface area contributed by atoms with Gasteiger partial charge in [-0.05, 0) is 41.7 Å². The Morgan fingerprint density at radius 1 is 1.07 bits per heavy atom. The van der Waals surface area contributed by atoms with Gasteiger partial charge in [-0.25, -0.2) is 12.8 Å². The van der Waals surface area contributed by atoms with Gasteiger partial charge in [-0.2, -0.15) is 4.31 Å². The molecule has 0 atom stereocenters. The van der Waals surface area contributed by atoms with Crippen LogP contribution >= 0.6 is 0 Å². The molecule has 0 unspecified atom stereocenters. The SMILES string of the molecule is O=C(Cc1ccc(F)cc1)NCCCS(=O)(=O)N1CCc2ccccc2C1. The summed E-state index contributed by atoms with van der Waals surface area (Å²) in [5.74, 6) is -0.540. The maximum absolute atomic E-state index is 12.9. The van der Waals surface area contributed by atoms with Crippen LogP contribution in [0.5, 0.6) is 0 Å². The molecular weight excluding hydrogens is 367 g/mol. The first kappa shape index (κ1) is 19.5. The van der Waals surface area contributed by atoms with Crippen molar-refractivity contribution >= 4 is 15.9 Å². The van der Waals surface area contributed by atoms with E-state index in [0.29, 0.717) is 31.6 Å². The van der Waals surface area contributed by atoms with Gasteiger partial charge in [-0.1, -0.05) is 36.4 Å². The third kappa shape index (κ3) is 5.37. The molecule has 7 heteroatoms. The zero-order chi connectivity index (χ0) is 19.3. The molecule has 0 bridgehead atoms. The van der Waals surface area contributed by atoms with Crippen LogP contribution in [0.4, 0.5) is 4.39 Å². The number of halogens is 1. The highest BCUT2D eigenvalue weighted by molar-refractivity contribution is 7.89. The van der Waals surface area contributed by atoms with Crippen molar-refractivity contribution in [2.24, 2.45) is 0 Å². The number of sulfonamides is 1. The normalized spacial score (nSPS) is 14.6. The minimum Gasteiger partial charge on any atom is -0.356 e. The second kappa shape index (κ2) is 8.63. The maximum atomic E-state index is 12.9. The Morgan fingerprint density at radius 3 is 2.52 bits per heavy atom. The molecule has 1 N–H and O–H groups in total. The molecule has 144 valence electrons. The lowest BCUT2D eigenvalue weighted by Crippen LogP contribution is -2.38. The molecule has 0 saturated heterocycles. The Labute approximate surface area is 159 Å². The fraction of sp³-hybridized carbons (Fsp3) is 0.350. The van der Waals surface area contributed by atoms with E-state index in [0.717, 1.165) is 12.0 Å². The van der Waals surface area contributed by atoms with Crippen LogP contribution in [0.2, 0.25) is 0 Å². The summed E-state index contributed by atoms with van der Waals surface area (Å²) >= 11 is 0. The van der Waals surface area contributed by atoms with Gasteiger partial charge in [0.1, 0.15) is 5.82 Å². The summed E-state index contributed by atoms with van der Waals surface area (Å²) in [7, 11) is -3.35. The van der Waals surface area contributed by atoms with Gasteiger partial charge in [0.2, 0.25) is 15.9 Å². The Kier molecular flexibility index (Phi) is 6.23. The van der Waals surface area contributed by atoms with E-state index in [4.69, 9.17) is 0 Å². The molecule has 0 aromatic heterocycles. The molecule has 0 spiro atoms. The van der Waals surface area contributed by atoms with E-state index < -0.39 is 10.0 Å². The average Bonchev–Trinajstić information content (AvgIpc) is 2.67. The zero-order valence-electron chi connectivity index (χ0n) is 15.0. The maximum Gasteiger partial charge on any atom is 0.224 e. The predicted molar refractivity (Wildman–Crippen MR) is 102 cm³/mol. The van der Waals surface area contributed by atoms with Crippen LogP contribution < -0.4 is 5.32 Å². The lowest BCUT2D eigenvalue weighted by molar-refractivity contribution is -0.120. The van der Waals surface area contributed by atoms with Crippen molar-refractivity contribution in [1.29, 1.82) is 0 Å². The molecule has 1 aliphatic rings. The van der Waals surface area contributed by atoms with E-state index in [2.05, 4.69) is 5.32 Å².